The van der Waals surface area contributed by atoms with Crippen LogP contribution >= 0.6 is 12.6 Å². The van der Waals surface area contributed by atoms with Gasteiger partial charge in [0, 0.05) is 17.3 Å². The van der Waals surface area contributed by atoms with Gasteiger partial charge in [0.1, 0.15) is 0 Å². The van der Waals surface area contributed by atoms with Gasteiger partial charge in [0.2, 0.25) is 0 Å². The number of benzene rings is 1. The third-order valence-corrected chi connectivity index (χ3v) is 2.97. The smallest absolute Gasteiger partial charge is 0.0951 e. The lowest BCUT2D eigenvalue weighted by atomic mass is 10.0. The molecule has 1 atom stereocenters. The van der Waals surface area contributed by atoms with E-state index >= 15 is 0 Å². The van der Waals surface area contributed by atoms with E-state index in [1.165, 1.54) is 5.56 Å². The molecule has 0 aliphatic rings. The number of aromatic nitrogens is 2. The molecule has 0 saturated heterocycles. The zero-order valence-corrected chi connectivity index (χ0v) is 9.56. The van der Waals surface area contributed by atoms with Gasteiger partial charge in [-0.3, -0.25) is 0 Å². The quantitative estimate of drug-likeness (QED) is 0.783. The molecule has 78 valence electrons. The Labute approximate surface area is 95.4 Å². The van der Waals surface area contributed by atoms with Crippen LogP contribution in [0.15, 0.2) is 47.9 Å². The maximum absolute atomic E-state index is 4.49. The van der Waals surface area contributed by atoms with E-state index in [0.717, 1.165) is 11.3 Å². The second-order valence-corrected chi connectivity index (χ2v) is 3.97. The maximum atomic E-state index is 4.49. The Balaban J connectivity index is 2.40. The van der Waals surface area contributed by atoms with E-state index in [-0.39, 0.29) is 0 Å². The van der Waals surface area contributed by atoms with Crippen LogP contribution in [-0.4, -0.2) is 9.55 Å². The molecule has 0 bridgehead atoms. The van der Waals surface area contributed by atoms with E-state index in [2.05, 4.69) is 41.2 Å². The molecule has 2 nitrogen and oxygen atoms in total. The van der Waals surface area contributed by atoms with Crippen LogP contribution in [0, 0.1) is 0 Å². The standard InChI is InChI=1S/C12H14N2S/c1-2-11(14-8-7-13-9-14)10-5-3-4-6-12(10)15/h3-9,11,15H,2H2,1H3. The first-order valence-electron chi connectivity index (χ1n) is 5.08. The zero-order chi connectivity index (χ0) is 10.7. The van der Waals surface area contributed by atoms with Gasteiger partial charge >= 0.3 is 0 Å². The Morgan fingerprint density at radius 3 is 2.80 bits per heavy atom. The summed E-state index contributed by atoms with van der Waals surface area (Å²) in [7, 11) is 0. The highest BCUT2D eigenvalue weighted by molar-refractivity contribution is 7.80. The van der Waals surface area contributed by atoms with Crippen LogP contribution in [0.5, 0.6) is 0 Å². The average Bonchev–Trinajstić information content (AvgIpc) is 2.75. The van der Waals surface area contributed by atoms with E-state index in [9.17, 15) is 0 Å². The number of imidazole rings is 1. The fourth-order valence-corrected chi connectivity index (χ4v) is 2.12. The topological polar surface area (TPSA) is 17.8 Å². The minimum Gasteiger partial charge on any atom is -0.330 e. The van der Waals surface area contributed by atoms with Crippen molar-refractivity contribution >= 4 is 12.6 Å². The summed E-state index contributed by atoms with van der Waals surface area (Å²) in [5, 5.41) is 0. The van der Waals surface area contributed by atoms with Crippen molar-refractivity contribution in [3.8, 4) is 0 Å². The average molecular weight is 218 g/mol. The van der Waals surface area contributed by atoms with Gasteiger partial charge in [-0.25, -0.2) is 4.98 Å². The normalized spacial score (nSPS) is 12.7. The van der Waals surface area contributed by atoms with Crippen molar-refractivity contribution in [1.29, 1.82) is 0 Å². The zero-order valence-electron chi connectivity index (χ0n) is 8.67. The molecule has 0 fully saturated rings. The van der Waals surface area contributed by atoms with Crippen LogP contribution in [-0.2, 0) is 0 Å². The Kier molecular flexibility index (Phi) is 3.11. The van der Waals surface area contributed by atoms with Crippen molar-refractivity contribution in [3.63, 3.8) is 0 Å². The molecule has 0 N–H and O–H groups in total. The molecule has 0 saturated carbocycles. The molecule has 1 aromatic carbocycles. The number of thiol groups is 1. The minimum atomic E-state index is 0.334. The van der Waals surface area contributed by atoms with Gasteiger partial charge in [-0.2, -0.15) is 0 Å². The van der Waals surface area contributed by atoms with Gasteiger partial charge in [0.15, 0.2) is 0 Å². The van der Waals surface area contributed by atoms with Crippen molar-refractivity contribution in [3.05, 3.63) is 48.5 Å². The van der Waals surface area contributed by atoms with Crippen LogP contribution in [0.3, 0.4) is 0 Å². The summed E-state index contributed by atoms with van der Waals surface area (Å²) in [6.45, 7) is 2.17. The lowest BCUT2D eigenvalue weighted by Crippen LogP contribution is -2.08. The van der Waals surface area contributed by atoms with E-state index in [1.807, 2.05) is 30.9 Å². The third kappa shape index (κ3) is 2.07. The summed E-state index contributed by atoms with van der Waals surface area (Å²) in [6, 6.07) is 8.54. The van der Waals surface area contributed by atoms with Gasteiger partial charge < -0.3 is 4.57 Å². The van der Waals surface area contributed by atoms with Crippen molar-refractivity contribution in [2.45, 2.75) is 24.3 Å². The van der Waals surface area contributed by atoms with Crippen LogP contribution in [0.1, 0.15) is 24.9 Å². The Hall–Kier alpha value is -1.22. The highest BCUT2D eigenvalue weighted by atomic mass is 32.1. The molecule has 2 rings (SSSR count). The van der Waals surface area contributed by atoms with E-state index in [4.69, 9.17) is 0 Å². The van der Waals surface area contributed by atoms with Gasteiger partial charge in [-0.15, -0.1) is 12.6 Å². The molecule has 1 unspecified atom stereocenters. The molecule has 0 aliphatic carbocycles. The molecular weight excluding hydrogens is 204 g/mol. The fraction of sp³-hybridized carbons (Fsp3) is 0.250. The number of nitrogens with zero attached hydrogens (tertiary/aromatic N) is 2. The second-order valence-electron chi connectivity index (χ2n) is 3.49. The molecule has 0 aliphatic heterocycles. The SMILES string of the molecule is CCC(c1ccccc1S)n1ccnc1. The lowest BCUT2D eigenvalue weighted by molar-refractivity contribution is 0.558. The summed E-state index contributed by atoms with van der Waals surface area (Å²) in [4.78, 5) is 5.12. The summed E-state index contributed by atoms with van der Waals surface area (Å²) < 4.78 is 2.12. The predicted molar refractivity (Wildman–Crippen MR) is 64.4 cm³/mol. The van der Waals surface area contributed by atoms with Crippen molar-refractivity contribution in [1.82, 2.24) is 9.55 Å². The van der Waals surface area contributed by atoms with Crippen molar-refractivity contribution < 1.29 is 0 Å². The molecular formula is C12H14N2S. The van der Waals surface area contributed by atoms with E-state index in [0.29, 0.717) is 6.04 Å². The number of hydrogen-bond acceptors (Lipinski definition) is 2. The Bertz CT molecular complexity index is 423. The van der Waals surface area contributed by atoms with Crippen LogP contribution in [0.4, 0.5) is 0 Å². The summed E-state index contributed by atoms with van der Waals surface area (Å²) >= 11 is 4.49. The van der Waals surface area contributed by atoms with E-state index < -0.39 is 0 Å². The van der Waals surface area contributed by atoms with Gasteiger partial charge in [0.25, 0.3) is 0 Å². The van der Waals surface area contributed by atoms with Crippen molar-refractivity contribution in [2.75, 3.05) is 0 Å². The van der Waals surface area contributed by atoms with Gasteiger partial charge in [0.05, 0.1) is 12.4 Å². The summed E-state index contributed by atoms with van der Waals surface area (Å²) in [6.07, 6.45) is 6.69. The predicted octanol–water partition coefficient (Wildman–Crippen LogP) is 3.17. The maximum Gasteiger partial charge on any atom is 0.0951 e. The van der Waals surface area contributed by atoms with Crippen molar-refractivity contribution in [2.24, 2.45) is 0 Å². The Morgan fingerprint density at radius 1 is 1.40 bits per heavy atom. The third-order valence-electron chi connectivity index (χ3n) is 2.57. The van der Waals surface area contributed by atoms with Gasteiger partial charge in [-0.05, 0) is 18.1 Å². The molecule has 0 radical (unpaired) electrons. The van der Waals surface area contributed by atoms with Crippen LogP contribution in [0.25, 0.3) is 0 Å². The van der Waals surface area contributed by atoms with Crippen LogP contribution in [0.2, 0.25) is 0 Å². The fourth-order valence-electron chi connectivity index (χ4n) is 1.81. The van der Waals surface area contributed by atoms with Crippen LogP contribution < -0.4 is 0 Å². The molecule has 15 heavy (non-hydrogen) atoms. The molecule has 1 aromatic heterocycles. The highest BCUT2D eigenvalue weighted by Crippen LogP contribution is 2.26. The monoisotopic (exact) mass is 218 g/mol. The molecule has 2 aromatic rings. The number of hydrogen-bond donors (Lipinski definition) is 1. The molecule has 3 heteroatoms. The molecule has 1 heterocycles. The van der Waals surface area contributed by atoms with Gasteiger partial charge in [-0.1, -0.05) is 25.1 Å². The second kappa shape index (κ2) is 4.53. The van der Waals surface area contributed by atoms with E-state index in [1.54, 1.807) is 0 Å². The Morgan fingerprint density at radius 2 is 2.20 bits per heavy atom. The highest BCUT2D eigenvalue weighted by Gasteiger charge is 2.12. The summed E-state index contributed by atoms with van der Waals surface area (Å²) in [5.74, 6) is 0. The molecule has 0 spiro atoms. The first-order valence-corrected chi connectivity index (χ1v) is 5.53. The first-order chi connectivity index (χ1) is 7.33. The minimum absolute atomic E-state index is 0.334. The largest absolute Gasteiger partial charge is 0.330 e. The summed E-state index contributed by atoms with van der Waals surface area (Å²) in [5.41, 5.74) is 1.25. The number of rotatable bonds is 3. The first kappa shape index (κ1) is 10.3. The molecule has 0 amide bonds. The lowest BCUT2D eigenvalue weighted by Gasteiger charge is -2.18.